The second-order valence-corrected chi connectivity index (χ2v) is 6.38. The van der Waals surface area contributed by atoms with Gasteiger partial charge >= 0.3 is 0 Å². The molecule has 1 aromatic carbocycles. The maximum atomic E-state index is 12.7. The number of anilines is 1. The minimum Gasteiger partial charge on any atom is -0.467 e. The van der Waals surface area contributed by atoms with E-state index in [0.29, 0.717) is 31.1 Å². The Kier molecular flexibility index (Phi) is 5.20. The monoisotopic (exact) mass is 328 g/mol. The molecule has 1 amide bonds. The minimum absolute atomic E-state index is 0.0595. The van der Waals surface area contributed by atoms with Crippen molar-refractivity contribution in [3.05, 3.63) is 53.5 Å². The van der Waals surface area contributed by atoms with Crippen molar-refractivity contribution in [2.24, 2.45) is 5.92 Å². The van der Waals surface area contributed by atoms with Gasteiger partial charge in [-0.05, 0) is 55.5 Å². The SMILES string of the molecule is Cc1ccoc1CNc1cccc(C(=O)N2CCC(CO)CC2)c1. The van der Waals surface area contributed by atoms with Gasteiger partial charge in [-0.15, -0.1) is 0 Å². The number of carbonyl (C=O) groups excluding carboxylic acids is 1. The van der Waals surface area contributed by atoms with Crippen LogP contribution in [0.15, 0.2) is 41.0 Å². The Balaban J connectivity index is 1.62. The summed E-state index contributed by atoms with van der Waals surface area (Å²) in [6.45, 7) is 4.25. The lowest BCUT2D eigenvalue weighted by Gasteiger charge is -2.31. The molecular formula is C19H24N2O3. The number of piperidine rings is 1. The van der Waals surface area contributed by atoms with Crippen LogP contribution in [0.1, 0.15) is 34.5 Å². The molecule has 24 heavy (non-hydrogen) atoms. The summed E-state index contributed by atoms with van der Waals surface area (Å²) < 4.78 is 5.42. The fourth-order valence-electron chi connectivity index (χ4n) is 3.03. The molecule has 1 saturated heterocycles. The summed E-state index contributed by atoms with van der Waals surface area (Å²) in [5.74, 6) is 1.29. The minimum atomic E-state index is 0.0595. The molecule has 0 atom stereocenters. The van der Waals surface area contributed by atoms with E-state index >= 15 is 0 Å². The van der Waals surface area contributed by atoms with Crippen LogP contribution in [0, 0.1) is 12.8 Å². The first-order valence-corrected chi connectivity index (χ1v) is 8.44. The zero-order valence-electron chi connectivity index (χ0n) is 14.0. The number of furan rings is 1. The molecule has 1 aromatic heterocycles. The highest BCUT2D eigenvalue weighted by Crippen LogP contribution is 2.20. The Morgan fingerprint density at radius 2 is 2.12 bits per heavy atom. The van der Waals surface area contributed by atoms with Gasteiger partial charge in [-0.2, -0.15) is 0 Å². The molecule has 0 aliphatic carbocycles. The van der Waals surface area contributed by atoms with Crippen LogP contribution < -0.4 is 5.32 Å². The molecule has 0 spiro atoms. The lowest BCUT2D eigenvalue weighted by Crippen LogP contribution is -2.39. The van der Waals surface area contributed by atoms with Crippen LogP contribution in [0.5, 0.6) is 0 Å². The summed E-state index contributed by atoms with van der Waals surface area (Å²) in [4.78, 5) is 14.5. The average Bonchev–Trinajstić information content (AvgIpc) is 3.04. The standard InChI is InChI=1S/C19H24N2O3/c1-14-7-10-24-18(14)12-20-17-4-2-3-16(11-17)19(23)21-8-5-15(13-22)6-9-21/h2-4,7,10-11,15,20,22H,5-6,8-9,12-13H2,1H3. The molecule has 128 valence electrons. The van der Waals surface area contributed by atoms with E-state index in [0.717, 1.165) is 29.9 Å². The van der Waals surface area contributed by atoms with Crippen LogP contribution in [0.4, 0.5) is 5.69 Å². The van der Waals surface area contributed by atoms with Crippen molar-refractivity contribution >= 4 is 11.6 Å². The van der Waals surface area contributed by atoms with Gasteiger partial charge in [0.25, 0.3) is 5.91 Å². The third kappa shape index (κ3) is 3.79. The van der Waals surface area contributed by atoms with Crippen LogP contribution in [0.2, 0.25) is 0 Å². The van der Waals surface area contributed by atoms with Gasteiger partial charge in [-0.25, -0.2) is 0 Å². The number of hydrogen-bond donors (Lipinski definition) is 2. The smallest absolute Gasteiger partial charge is 0.253 e. The summed E-state index contributed by atoms with van der Waals surface area (Å²) in [6.07, 6.45) is 3.43. The number of likely N-dealkylation sites (tertiary alicyclic amines) is 1. The quantitative estimate of drug-likeness (QED) is 0.885. The van der Waals surface area contributed by atoms with Gasteiger partial charge < -0.3 is 19.7 Å². The van der Waals surface area contributed by atoms with E-state index in [4.69, 9.17) is 4.42 Å². The third-order valence-corrected chi connectivity index (χ3v) is 4.69. The highest BCUT2D eigenvalue weighted by molar-refractivity contribution is 5.95. The van der Waals surface area contributed by atoms with E-state index in [2.05, 4.69) is 5.32 Å². The van der Waals surface area contributed by atoms with Crippen molar-refractivity contribution in [1.82, 2.24) is 4.90 Å². The van der Waals surface area contributed by atoms with Gasteiger partial charge in [0.2, 0.25) is 0 Å². The van der Waals surface area contributed by atoms with E-state index in [1.807, 2.05) is 42.2 Å². The molecule has 1 aliphatic heterocycles. The predicted octanol–water partition coefficient (Wildman–Crippen LogP) is 3.04. The lowest BCUT2D eigenvalue weighted by atomic mass is 9.97. The van der Waals surface area contributed by atoms with Crippen LogP contribution >= 0.6 is 0 Å². The van der Waals surface area contributed by atoms with Gasteiger partial charge in [0, 0.05) is 30.9 Å². The van der Waals surface area contributed by atoms with E-state index in [9.17, 15) is 9.90 Å². The Labute approximate surface area is 142 Å². The summed E-state index contributed by atoms with van der Waals surface area (Å²) >= 11 is 0. The number of aryl methyl sites for hydroxylation is 1. The van der Waals surface area contributed by atoms with Crippen molar-refractivity contribution in [2.75, 3.05) is 25.0 Å². The van der Waals surface area contributed by atoms with E-state index in [1.54, 1.807) is 6.26 Å². The van der Waals surface area contributed by atoms with Crippen molar-refractivity contribution in [1.29, 1.82) is 0 Å². The molecule has 5 heteroatoms. The summed E-state index contributed by atoms with van der Waals surface area (Å²) in [6, 6.07) is 9.52. The molecule has 0 saturated carbocycles. The zero-order valence-corrected chi connectivity index (χ0v) is 14.0. The zero-order chi connectivity index (χ0) is 16.9. The molecule has 3 rings (SSSR count). The van der Waals surface area contributed by atoms with E-state index in [-0.39, 0.29) is 12.5 Å². The summed E-state index contributed by atoms with van der Waals surface area (Å²) in [5.41, 5.74) is 2.71. The summed E-state index contributed by atoms with van der Waals surface area (Å²) in [7, 11) is 0. The van der Waals surface area contributed by atoms with Crippen LogP contribution in [-0.4, -0.2) is 35.6 Å². The molecule has 2 N–H and O–H groups in total. The number of aliphatic hydroxyl groups is 1. The topological polar surface area (TPSA) is 65.7 Å². The first-order chi connectivity index (χ1) is 11.7. The third-order valence-electron chi connectivity index (χ3n) is 4.69. The number of nitrogens with zero attached hydrogens (tertiary/aromatic N) is 1. The molecule has 0 bridgehead atoms. The van der Waals surface area contributed by atoms with Crippen molar-refractivity contribution in [3.8, 4) is 0 Å². The molecule has 0 radical (unpaired) electrons. The summed E-state index contributed by atoms with van der Waals surface area (Å²) in [5, 5.41) is 12.5. The number of hydrogen-bond acceptors (Lipinski definition) is 4. The molecule has 1 fully saturated rings. The first kappa shape index (κ1) is 16.6. The van der Waals surface area contributed by atoms with E-state index in [1.165, 1.54) is 0 Å². The number of rotatable bonds is 5. The van der Waals surface area contributed by atoms with E-state index < -0.39 is 0 Å². The van der Waals surface area contributed by atoms with Gasteiger partial charge in [-0.3, -0.25) is 4.79 Å². The fourth-order valence-corrected chi connectivity index (χ4v) is 3.03. The highest BCUT2D eigenvalue weighted by atomic mass is 16.3. The Morgan fingerprint density at radius 1 is 1.33 bits per heavy atom. The second kappa shape index (κ2) is 7.53. The number of benzene rings is 1. The Bertz CT molecular complexity index is 687. The van der Waals surface area contributed by atoms with Crippen LogP contribution in [0.3, 0.4) is 0 Å². The maximum absolute atomic E-state index is 12.7. The van der Waals surface area contributed by atoms with Gasteiger partial charge in [0.15, 0.2) is 0 Å². The average molecular weight is 328 g/mol. The molecule has 5 nitrogen and oxygen atoms in total. The molecule has 2 heterocycles. The first-order valence-electron chi connectivity index (χ1n) is 8.44. The normalized spacial score (nSPS) is 15.5. The van der Waals surface area contributed by atoms with Crippen molar-refractivity contribution in [2.45, 2.75) is 26.3 Å². The van der Waals surface area contributed by atoms with Crippen LogP contribution in [-0.2, 0) is 6.54 Å². The molecule has 1 aliphatic rings. The lowest BCUT2D eigenvalue weighted by molar-refractivity contribution is 0.0651. The Hall–Kier alpha value is -2.27. The van der Waals surface area contributed by atoms with Crippen LogP contribution in [0.25, 0.3) is 0 Å². The van der Waals surface area contributed by atoms with Gasteiger partial charge in [0.1, 0.15) is 5.76 Å². The number of nitrogens with one attached hydrogen (secondary N) is 1. The highest BCUT2D eigenvalue weighted by Gasteiger charge is 2.23. The molecular weight excluding hydrogens is 304 g/mol. The number of amides is 1. The second-order valence-electron chi connectivity index (χ2n) is 6.38. The fraction of sp³-hybridized carbons (Fsp3) is 0.421. The number of carbonyl (C=O) groups is 1. The van der Waals surface area contributed by atoms with Gasteiger partial charge in [-0.1, -0.05) is 6.07 Å². The largest absolute Gasteiger partial charge is 0.467 e. The predicted molar refractivity (Wildman–Crippen MR) is 92.9 cm³/mol. The maximum Gasteiger partial charge on any atom is 0.253 e. The molecule has 2 aromatic rings. The van der Waals surface area contributed by atoms with Crippen molar-refractivity contribution in [3.63, 3.8) is 0 Å². The number of aliphatic hydroxyl groups excluding tert-OH is 1. The van der Waals surface area contributed by atoms with Gasteiger partial charge in [0.05, 0.1) is 12.8 Å². The van der Waals surface area contributed by atoms with Crippen molar-refractivity contribution < 1.29 is 14.3 Å². The molecule has 0 unspecified atom stereocenters. The Morgan fingerprint density at radius 3 is 2.79 bits per heavy atom.